The van der Waals surface area contributed by atoms with Crippen molar-refractivity contribution in [2.75, 3.05) is 13.7 Å². The molecule has 0 bridgehead atoms. The van der Waals surface area contributed by atoms with E-state index in [0.717, 1.165) is 10.9 Å². The Labute approximate surface area is 153 Å². The summed E-state index contributed by atoms with van der Waals surface area (Å²) in [5.74, 6) is 0.267. The quantitative estimate of drug-likeness (QED) is 0.660. The van der Waals surface area contributed by atoms with Gasteiger partial charge in [-0.1, -0.05) is 30.3 Å². The van der Waals surface area contributed by atoms with E-state index in [0.29, 0.717) is 28.0 Å². The summed E-state index contributed by atoms with van der Waals surface area (Å²) in [5, 5.41) is 13.2. The first-order valence-corrected chi connectivity index (χ1v) is 8.62. The number of rotatable bonds is 6. The van der Waals surface area contributed by atoms with Crippen LogP contribution in [0.25, 0.3) is 11.0 Å². The van der Waals surface area contributed by atoms with Crippen LogP contribution in [-0.2, 0) is 6.42 Å². The van der Waals surface area contributed by atoms with Gasteiger partial charge < -0.3 is 19.6 Å². The number of aliphatic hydroxyl groups is 1. The van der Waals surface area contributed by atoms with Gasteiger partial charge >= 0.3 is 0 Å². The number of hydrogen-bond acceptors (Lipinski definition) is 4. The van der Waals surface area contributed by atoms with Gasteiger partial charge in [-0.25, -0.2) is 0 Å². The molecule has 1 unspecified atom stereocenters. The van der Waals surface area contributed by atoms with Crippen molar-refractivity contribution >= 4 is 32.8 Å². The van der Waals surface area contributed by atoms with E-state index in [2.05, 4.69) is 21.2 Å². The lowest BCUT2D eigenvalue weighted by atomic mass is 10.1. The molecule has 0 aliphatic rings. The first-order valence-electron chi connectivity index (χ1n) is 7.83. The number of ether oxygens (including phenoxy) is 1. The predicted molar refractivity (Wildman–Crippen MR) is 99.0 cm³/mol. The smallest absolute Gasteiger partial charge is 0.251 e. The maximum atomic E-state index is 12.6. The van der Waals surface area contributed by atoms with E-state index in [9.17, 15) is 9.90 Å². The number of benzene rings is 2. The van der Waals surface area contributed by atoms with Crippen LogP contribution >= 0.6 is 15.9 Å². The minimum Gasteiger partial charge on any atom is -0.496 e. The molecule has 0 radical (unpaired) electrons. The van der Waals surface area contributed by atoms with Crippen molar-refractivity contribution in [1.82, 2.24) is 5.32 Å². The third kappa shape index (κ3) is 4.03. The zero-order valence-electron chi connectivity index (χ0n) is 13.7. The number of amides is 1. The van der Waals surface area contributed by atoms with Gasteiger partial charge in [-0.2, -0.15) is 0 Å². The fourth-order valence-electron chi connectivity index (χ4n) is 2.70. The number of aliphatic hydroxyl groups excluding tert-OH is 1. The van der Waals surface area contributed by atoms with E-state index in [-0.39, 0.29) is 18.6 Å². The Kier molecular flexibility index (Phi) is 5.40. The summed E-state index contributed by atoms with van der Waals surface area (Å²) < 4.78 is 11.4. The molecule has 0 aliphatic heterocycles. The second kappa shape index (κ2) is 7.72. The highest BCUT2D eigenvalue weighted by molar-refractivity contribution is 9.10. The molecule has 25 heavy (non-hydrogen) atoms. The molecule has 0 saturated heterocycles. The van der Waals surface area contributed by atoms with Crippen LogP contribution in [0.3, 0.4) is 0 Å². The summed E-state index contributed by atoms with van der Waals surface area (Å²) in [5.41, 5.74) is 2.02. The minimum atomic E-state index is -0.375. The summed E-state index contributed by atoms with van der Waals surface area (Å²) in [4.78, 5) is 12.6. The maximum absolute atomic E-state index is 12.6. The van der Waals surface area contributed by atoms with E-state index >= 15 is 0 Å². The minimum absolute atomic E-state index is 0.147. The monoisotopic (exact) mass is 403 g/mol. The first kappa shape index (κ1) is 17.5. The number of carbonyl (C=O) groups is 1. The highest BCUT2D eigenvalue weighted by Gasteiger charge is 2.17. The van der Waals surface area contributed by atoms with Crippen LogP contribution in [0.5, 0.6) is 5.75 Å². The average molecular weight is 404 g/mol. The summed E-state index contributed by atoms with van der Waals surface area (Å²) in [6, 6.07) is 14.5. The topological polar surface area (TPSA) is 71.7 Å². The molecule has 3 rings (SSSR count). The normalized spacial score (nSPS) is 12.1. The molecular formula is C19H18BrNO4. The summed E-state index contributed by atoms with van der Waals surface area (Å²) in [6.07, 6.45) is 0.550. The predicted octanol–water partition coefficient (Wildman–Crippen LogP) is 3.54. The van der Waals surface area contributed by atoms with Crippen LogP contribution in [-0.4, -0.2) is 30.8 Å². The number of methoxy groups -OCH3 is 1. The van der Waals surface area contributed by atoms with Crippen LogP contribution in [0.1, 0.15) is 15.9 Å². The molecule has 1 heterocycles. The van der Waals surface area contributed by atoms with Crippen molar-refractivity contribution in [3.63, 3.8) is 0 Å². The second-order valence-corrected chi connectivity index (χ2v) is 6.47. The zero-order chi connectivity index (χ0) is 17.8. The van der Waals surface area contributed by atoms with E-state index in [1.807, 2.05) is 30.3 Å². The van der Waals surface area contributed by atoms with E-state index in [1.54, 1.807) is 25.3 Å². The Morgan fingerprint density at radius 1 is 1.28 bits per heavy atom. The third-order valence-electron chi connectivity index (χ3n) is 3.93. The molecule has 3 aromatic rings. The lowest BCUT2D eigenvalue weighted by molar-refractivity contribution is 0.0916. The summed E-state index contributed by atoms with van der Waals surface area (Å²) in [7, 11) is 1.54. The Hall–Kier alpha value is -2.31. The molecule has 5 nitrogen and oxygen atoms in total. The molecule has 1 atom stereocenters. The fraction of sp³-hybridized carbons (Fsp3) is 0.211. The van der Waals surface area contributed by atoms with Crippen molar-refractivity contribution in [3.8, 4) is 5.75 Å². The van der Waals surface area contributed by atoms with Gasteiger partial charge in [0.1, 0.15) is 11.3 Å². The Morgan fingerprint density at radius 3 is 2.72 bits per heavy atom. The van der Waals surface area contributed by atoms with Crippen LogP contribution in [0.2, 0.25) is 0 Å². The van der Waals surface area contributed by atoms with Crippen molar-refractivity contribution in [2.45, 2.75) is 12.5 Å². The largest absolute Gasteiger partial charge is 0.496 e. The van der Waals surface area contributed by atoms with Crippen LogP contribution in [0, 0.1) is 0 Å². The molecule has 2 aromatic carbocycles. The Morgan fingerprint density at radius 2 is 2.04 bits per heavy atom. The molecule has 1 aromatic heterocycles. The van der Waals surface area contributed by atoms with E-state index in [1.165, 1.54) is 0 Å². The molecule has 0 saturated carbocycles. The Bertz CT molecular complexity index is 876. The summed E-state index contributed by atoms with van der Waals surface area (Å²) in [6.45, 7) is -0.147. The van der Waals surface area contributed by atoms with Gasteiger partial charge in [-0.05, 0) is 40.0 Å². The van der Waals surface area contributed by atoms with Crippen molar-refractivity contribution in [1.29, 1.82) is 0 Å². The van der Waals surface area contributed by atoms with E-state index < -0.39 is 0 Å². The number of carbonyl (C=O) groups excluding carboxylic acids is 1. The SMILES string of the molecule is COc1cc(C(=O)NC(CO)Cc2ccccc2)cc2oc(Br)cc12. The molecule has 6 heteroatoms. The van der Waals surface area contributed by atoms with Crippen LogP contribution in [0.4, 0.5) is 0 Å². The number of fused-ring (bicyclic) bond motifs is 1. The van der Waals surface area contributed by atoms with Crippen molar-refractivity contribution in [3.05, 3.63) is 64.3 Å². The van der Waals surface area contributed by atoms with Gasteiger partial charge in [0, 0.05) is 11.6 Å². The molecular weight excluding hydrogens is 386 g/mol. The number of furan rings is 1. The van der Waals surface area contributed by atoms with Crippen LogP contribution < -0.4 is 10.1 Å². The number of halogens is 1. The maximum Gasteiger partial charge on any atom is 0.251 e. The zero-order valence-corrected chi connectivity index (χ0v) is 15.2. The summed E-state index contributed by atoms with van der Waals surface area (Å²) >= 11 is 3.28. The van der Waals surface area contributed by atoms with Gasteiger partial charge in [0.15, 0.2) is 4.67 Å². The number of hydrogen-bond donors (Lipinski definition) is 2. The first-order chi connectivity index (χ1) is 12.1. The average Bonchev–Trinajstić information content (AvgIpc) is 3.01. The van der Waals surface area contributed by atoms with Gasteiger partial charge in [0.2, 0.25) is 0 Å². The Balaban J connectivity index is 1.81. The second-order valence-electron chi connectivity index (χ2n) is 5.68. The molecule has 130 valence electrons. The van der Waals surface area contributed by atoms with Crippen molar-refractivity contribution < 1.29 is 19.1 Å². The van der Waals surface area contributed by atoms with Gasteiger partial charge in [-0.3, -0.25) is 4.79 Å². The van der Waals surface area contributed by atoms with Gasteiger partial charge in [-0.15, -0.1) is 0 Å². The lowest BCUT2D eigenvalue weighted by Gasteiger charge is -2.17. The molecule has 0 spiro atoms. The van der Waals surface area contributed by atoms with E-state index in [4.69, 9.17) is 9.15 Å². The van der Waals surface area contributed by atoms with Gasteiger partial charge in [0.25, 0.3) is 5.91 Å². The lowest BCUT2D eigenvalue weighted by Crippen LogP contribution is -2.39. The highest BCUT2D eigenvalue weighted by Crippen LogP contribution is 2.32. The number of nitrogens with one attached hydrogen (secondary N) is 1. The third-order valence-corrected chi connectivity index (χ3v) is 4.32. The molecule has 0 fully saturated rings. The standard InChI is InChI=1S/C19H18BrNO4/c1-24-16-8-13(9-17-15(16)10-18(20)25-17)19(23)21-14(11-22)7-12-5-3-2-4-6-12/h2-6,8-10,14,22H,7,11H2,1H3,(H,21,23). The van der Waals surface area contributed by atoms with Crippen molar-refractivity contribution in [2.24, 2.45) is 0 Å². The molecule has 2 N–H and O–H groups in total. The molecule has 1 amide bonds. The highest BCUT2D eigenvalue weighted by atomic mass is 79.9. The molecule has 0 aliphatic carbocycles. The van der Waals surface area contributed by atoms with Crippen LogP contribution in [0.15, 0.2) is 57.6 Å². The van der Waals surface area contributed by atoms with Gasteiger partial charge in [0.05, 0.1) is 25.1 Å². The fourth-order valence-corrected chi connectivity index (χ4v) is 3.11.